The highest BCUT2D eigenvalue weighted by Gasteiger charge is 1.92. The first kappa shape index (κ1) is 5.37. The highest BCUT2D eigenvalue weighted by molar-refractivity contribution is 7.95. The van der Waals surface area contributed by atoms with Crippen molar-refractivity contribution in [3.8, 4) is 0 Å². The smallest absolute Gasteiger partial charge is 0.107 e. The third kappa shape index (κ3) is 2.13. The van der Waals surface area contributed by atoms with Crippen molar-refractivity contribution in [2.24, 2.45) is 0 Å². The van der Waals surface area contributed by atoms with Gasteiger partial charge in [-0.25, -0.2) is 9.44 Å². The van der Waals surface area contributed by atoms with Crippen molar-refractivity contribution in [1.82, 2.24) is 9.44 Å². The quantitative estimate of drug-likeness (QED) is 0.431. The maximum Gasteiger partial charge on any atom is 0.107 e. The average molecular weight is 120 g/mol. The first-order valence-corrected chi connectivity index (χ1v) is 3.01. The zero-order chi connectivity index (χ0) is 4.95. The number of hydrogen-bond donors (Lipinski definition) is 2. The van der Waals surface area contributed by atoms with E-state index in [1.807, 2.05) is 0 Å². The van der Waals surface area contributed by atoms with Crippen molar-refractivity contribution in [3.05, 3.63) is 0 Å². The van der Waals surface area contributed by atoms with Crippen LogP contribution >= 0.6 is 12.1 Å². The van der Waals surface area contributed by atoms with E-state index in [4.69, 9.17) is 4.74 Å². The molecule has 4 heteroatoms. The van der Waals surface area contributed by atoms with Gasteiger partial charge in [0, 0.05) is 18.7 Å². The standard InChI is InChI=1S/C3H8N2OS/c1-2-6-3-5-7-4-1/h4-5H,1-3H2. The molecule has 1 rings (SSSR count). The van der Waals surface area contributed by atoms with E-state index in [9.17, 15) is 0 Å². The van der Waals surface area contributed by atoms with Crippen molar-refractivity contribution >= 4 is 12.1 Å². The van der Waals surface area contributed by atoms with Gasteiger partial charge in [-0.05, 0) is 0 Å². The van der Waals surface area contributed by atoms with Crippen LogP contribution in [0, 0.1) is 0 Å². The van der Waals surface area contributed by atoms with Crippen molar-refractivity contribution in [2.75, 3.05) is 19.9 Å². The van der Waals surface area contributed by atoms with Gasteiger partial charge in [-0.1, -0.05) is 0 Å². The zero-order valence-electron chi connectivity index (χ0n) is 3.94. The van der Waals surface area contributed by atoms with Crippen molar-refractivity contribution in [3.63, 3.8) is 0 Å². The molecule has 1 aliphatic heterocycles. The fourth-order valence-electron chi connectivity index (χ4n) is 0.359. The van der Waals surface area contributed by atoms with E-state index < -0.39 is 0 Å². The van der Waals surface area contributed by atoms with Crippen LogP contribution in [0.2, 0.25) is 0 Å². The molecule has 1 aliphatic rings. The van der Waals surface area contributed by atoms with E-state index >= 15 is 0 Å². The van der Waals surface area contributed by atoms with Gasteiger partial charge in [-0.15, -0.1) is 0 Å². The molecular weight excluding hydrogens is 112 g/mol. The fourth-order valence-corrected chi connectivity index (χ4v) is 0.789. The highest BCUT2D eigenvalue weighted by Crippen LogP contribution is 1.87. The molecule has 3 nitrogen and oxygen atoms in total. The van der Waals surface area contributed by atoms with E-state index in [1.165, 1.54) is 12.1 Å². The second kappa shape index (κ2) is 3.26. The third-order valence-electron chi connectivity index (χ3n) is 0.654. The molecule has 0 unspecified atom stereocenters. The molecule has 0 spiro atoms. The molecule has 0 aromatic rings. The summed E-state index contributed by atoms with van der Waals surface area (Å²) >= 11 is 1.49. The van der Waals surface area contributed by atoms with Crippen molar-refractivity contribution < 1.29 is 4.74 Å². The van der Waals surface area contributed by atoms with Gasteiger partial charge >= 0.3 is 0 Å². The maximum atomic E-state index is 5.00. The Bertz CT molecular complexity index is 32.5. The predicted molar refractivity (Wildman–Crippen MR) is 29.5 cm³/mol. The number of ether oxygens (including phenoxy) is 1. The molecule has 0 aliphatic carbocycles. The first-order valence-electron chi connectivity index (χ1n) is 2.19. The van der Waals surface area contributed by atoms with Gasteiger partial charge in [0.25, 0.3) is 0 Å². The number of hydrogen-bond acceptors (Lipinski definition) is 4. The van der Waals surface area contributed by atoms with Crippen molar-refractivity contribution in [1.29, 1.82) is 0 Å². The van der Waals surface area contributed by atoms with Crippen LogP contribution in [0.3, 0.4) is 0 Å². The molecule has 1 heterocycles. The Morgan fingerprint density at radius 2 is 2.43 bits per heavy atom. The highest BCUT2D eigenvalue weighted by atomic mass is 32.2. The van der Waals surface area contributed by atoms with E-state index in [2.05, 4.69) is 9.44 Å². The Kier molecular flexibility index (Phi) is 2.50. The van der Waals surface area contributed by atoms with E-state index in [0.717, 1.165) is 13.2 Å². The molecule has 0 aromatic carbocycles. The summed E-state index contributed by atoms with van der Waals surface area (Å²) in [6.45, 7) is 2.38. The maximum absolute atomic E-state index is 5.00. The minimum atomic E-state index is 0.650. The summed E-state index contributed by atoms with van der Waals surface area (Å²) in [6.07, 6.45) is 0. The second-order valence-corrected chi connectivity index (χ2v) is 1.97. The molecule has 7 heavy (non-hydrogen) atoms. The van der Waals surface area contributed by atoms with Crippen LogP contribution in [-0.4, -0.2) is 19.9 Å². The largest absolute Gasteiger partial charge is 0.364 e. The molecule has 0 atom stereocenters. The van der Waals surface area contributed by atoms with Gasteiger partial charge in [-0.3, -0.25) is 0 Å². The van der Waals surface area contributed by atoms with Crippen LogP contribution < -0.4 is 9.44 Å². The second-order valence-electron chi connectivity index (χ2n) is 1.19. The van der Waals surface area contributed by atoms with E-state index in [0.29, 0.717) is 6.73 Å². The van der Waals surface area contributed by atoms with Crippen LogP contribution in [0.1, 0.15) is 0 Å². The monoisotopic (exact) mass is 120 g/mol. The van der Waals surface area contributed by atoms with Gasteiger partial charge in [0.1, 0.15) is 6.73 Å². The molecule has 42 valence electrons. The molecule has 0 saturated carbocycles. The Morgan fingerprint density at radius 3 is 3.43 bits per heavy atom. The number of rotatable bonds is 0. The third-order valence-corrected chi connectivity index (χ3v) is 1.26. The summed E-state index contributed by atoms with van der Waals surface area (Å²) in [5.41, 5.74) is 0. The summed E-state index contributed by atoms with van der Waals surface area (Å²) in [4.78, 5) is 0. The predicted octanol–water partition coefficient (Wildman–Crippen LogP) is -0.283. The lowest BCUT2D eigenvalue weighted by Crippen LogP contribution is -2.09. The van der Waals surface area contributed by atoms with E-state index in [-0.39, 0.29) is 0 Å². The fraction of sp³-hybridized carbons (Fsp3) is 1.00. The normalized spacial score (nSPS) is 24.0. The molecule has 0 bridgehead atoms. The van der Waals surface area contributed by atoms with Crippen LogP contribution in [0.4, 0.5) is 0 Å². The molecule has 1 saturated heterocycles. The van der Waals surface area contributed by atoms with Crippen LogP contribution in [0.25, 0.3) is 0 Å². The Morgan fingerprint density at radius 1 is 1.43 bits per heavy atom. The minimum Gasteiger partial charge on any atom is -0.364 e. The average Bonchev–Trinajstić information content (AvgIpc) is 1.90. The van der Waals surface area contributed by atoms with Gasteiger partial charge in [0.05, 0.1) is 6.61 Å². The lowest BCUT2D eigenvalue weighted by molar-refractivity contribution is 0.143. The minimum absolute atomic E-state index is 0.650. The summed E-state index contributed by atoms with van der Waals surface area (Å²) in [5.74, 6) is 0. The van der Waals surface area contributed by atoms with Crippen LogP contribution in [-0.2, 0) is 4.74 Å². The topological polar surface area (TPSA) is 33.3 Å². The number of nitrogens with one attached hydrogen (secondary N) is 2. The lowest BCUT2D eigenvalue weighted by Gasteiger charge is -1.92. The molecule has 0 radical (unpaired) electrons. The summed E-state index contributed by atoms with van der Waals surface area (Å²) in [7, 11) is 0. The van der Waals surface area contributed by atoms with Gasteiger partial charge in [0.15, 0.2) is 0 Å². The molecule has 1 fully saturated rings. The van der Waals surface area contributed by atoms with Crippen LogP contribution in [0.5, 0.6) is 0 Å². The first-order chi connectivity index (χ1) is 3.50. The summed E-state index contributed by atoms with van der Waals surface area (Å²) in [6, 6.07) is 0. The van der Waals surface area contributed by atoms with Gasteiger partial charge < -0.3 is 4.74 Å². The van der Waals surface area contributed by atoms with Crippen LogP contribution in [0.15, 0.2) is 0 Å². The summed E-state index contributed by atoms with van der Waals surface area (Å²) < 4.78 is 11.0. The Hall–Kier alpha value is 0.230. The molecule has 0 amide bonds. The Labute approximate surface area is 47.1 Å². The van der Waals surface area contributed by atoms with Crippen molar-refractivity contribution in [2.45, 2.75) is 0 Å². The molecular formula is C3H8N2OS. The zero-order valence-corrected chi connectivity index (χ0v) is 4.75. The Balaban J connectivity index is 2.04. The summed E-state index contributed by atoms with van der Waals surface area (Å²) in [5, 5.41) is 0. The SMILES string of the molecule is C1COCNSN1. The molecule has 2 N–H and O–H groups in total. The molecule has 0 aromatic heterocycles. The lowest BCUT2D eigenvalue weighted by atomic mass is 10.7. The van der Waals surface area contributed by atoms with E-state index in [1.54, 1.807) is 0 Å². The van der Waals surface area contributed by atoms with Gasteiger partial charge in [0.2, 0.25) is 0 Å². The van der Waals surface area contributed by atoms with Gasteiger partial charge in [-0.2, -0.15) is 0 Å².